The molecule has 88 valence electrons. The smallest absolute Gasteiger partial charge is 0.338 e. The Balaban J connectivity index is 3.02. The van der Waals surface area contributed by atoms with Gasteiger partial charge in [-0.15, -0.1) is 0 Å². The summed E-state index contributed by atoms with van der Waals surface area (Å²) < 4.78 is 18.4. The van der Waals surface area contributed by atoms with Crippen LogP contribution in [0.5, 0.6) is 0 Å². The van der Waals surface area contributed by atoms with Gasteiger partial charge in [0.1, 0.15) is 5.82 Å². The minimum Gasteiger partial charge on any atom is -0.462 e. The minimum atomic E-state index is -0.396. The molecule has 0 radical (unpaired) electrons. The Labute approximate surface area is 95.4 Å². The van der Waals surface area contributed by atoms with Gasteiger partial charge in [0.2, 0.25) is 0 Å². The largest absolute Gasteiger partial charge is 0.462 e. The predicted octanol–water partition coefficient (Wildman–Crippen LogP) is 3.52. The van der Waals surface area contributed by atoms with Crippen molar-refractivity contribution in [1.82, 2.24) is 0 Å². The van der Waals surface area contributed by atoms with E-state index in [1.54, 1.807) is 13.0 Å². The van der Waals surface area contributed by atoms with Crippen molar-refractivity contribution < 1.29 is 13.9 Å². The van der Waals surface area contributed by atoms with E-state index in [1.807, 2.05) is 13.8 Å². The molecule has 0 saturated heterocycles. The van der Waals surface area contributed by atoms with Crippen LogP contribution in [0.2, 0.25) is 0 Å². The third-order valence-corrected chi connectivity index (χ3v) is 2.65. The van der Waals surface area contributed by atoms with E-state index in [1.165, 1.54) is 12.1 Å². The average molecular weight is 224 g/mol. The van der Waals surface area contributed by atoms with Crippen LogP contribution in [0.3, 0.4) is 0 Å². The Morgan fingerprint density at radius 1 is 1.44 bits per heavy atom. The second-order valence-electron chi connectivity index (χ2n) is 3.77. The summed E-state index contributed by atoms with van der Waals surface area (Å²) in [5, 5.41) is 0. The van der Waals surface area contributed by atoms with E-state index in [0.717, 1.165) is 6.42 Å². The van der Waals surface area contributed by atoms with E-state index >= 15 is 0 Å². The summed E-state index contributed by atoms with van der Waals surface area (Å²) in [6.45, 7) is 6.00. The SMILES string of the molecule is CCOC(=O)c1ccc(F)c(C(C)CC)c1. The van der Waals surface area contributed by atoms with E-state index in [-0.39, 0.29) is 11.7 Å². The van der Waals surface area contributed by atoms with Crippen LogP contribution in [0.4, 0.5) is 4.39 Å². The van der Waals surface area contributed by atoms with Crippen LogP contribution in [0.15, 0.2) is 18.2 Å². The van der Waals surface area contributed by atoms with Gasteiger partial charge in [-0.3, -0.25) is 0 Å². The normalized spacial score (nSPS) is 12.2. The summed E-state index contributed by atoms with van der Waals surface area (Å²) in [5.41, 5.74) is 0.992. The van der Waals surface area contributed by atoms with E-state index in [4.69, 9.17) is 4.74 Å². The second kappa shape index (κ2) is 5.64. The molecule has 0 aliphatic heterocycles. The molecule has 0 aliphatic rings. The maximum Gasteiger partial charge on any atom is 0.338 e. The molecule has 1 aromatic rings. The van der Waals surface area contributed by atoms with Gasteiger partial charge in [0.05, 0.1) is 12.2 Å². The molecule has 0 N–H and O–H groups in total. The van der Waals surface area contributed by atoms with Crippen LogP contribution in [0.1, 0.15) is 49.0 Å². The first-order valence-electron chi connectivity index (χ1n) is 5.56. The van der Waals surface area contributed by atoms with Gasteiger partial charge < -0.3 is 4.74 Å². The highest BCUT2D eigenvalue weighted by atomic mass is 19.1. The molecule has 0 fully saturated rings. The van der Waals surface area contributed by atoms with E-state index < -0.39 is 5.97 Å². The lowest BCUT2D eigenvalue weighted by atomic mass is 9.96. The van der Waals surface area contributed by atoms with Crippen LogP contribution >= 0.6 is 0 Å². The number of hydrogen-bond acceptors (Lipinski definition) is 2. The summed E-state index contributed by atoms with van der Waals surface area (Å²) in [4.78, 5) is 11.5. The highest BCUT2D eigenvalue weighted by molar-refractivity contribution is 5.89. The van der Waals surface area contributed by atoms with Gasteiger partial charge in [-0.2, -0.15) is 0 Å². The molecule has 1 unspecified atom stereocenters. The van der Waals surface area contributed by atoms with E-state index in [2.05, 4.69) is 0 Å². The van der Waals surface area contributed by atoms with Crippen molar-refractivity contribution in [3.8, 4) is 0 Å². The Hall–Kier alpha value is -1.38. The lowest BCUT2D eigenvalue weighted by Crippen LogP contribution is -2.07. The zero-order valence-corrected chi connectivity index (χ0v) is 9.92. The van der Waals surface area contributed by atoms with Crippen LogP contribution in [-0.4, -0.2) is 12.6 Å². The number of ether oxygens (including phenoxy) is 1. The molecule has 0 aromatic heterocycles. The molecule has 0 saturated carbocycles. The number of hydrogen-bond donors (Lipinski definition) is 0. The molecule has 0 amide bonds. The van der Waals surface area contributed by atoms with Crippen molar-refractivity contribution in [1.29, 1.82) is 0 Å². The van der Waals surface area contributed by atoms with Crippen molar-refractivity contribution >= 4 is 5.97 Å². The van der Waals surface area contributed by atoms with Gasteiger partial charge in [0.15, 0.2) is 0 Å². The third kappa shape index (κ3) is 2.81. The first kappa shape index (κ1) is 12.7. The van der Waals surface area contributed by atoms with Gasteiger partial charge >= 0.3 is 5.97 Å². The maximum absolute atomic E-state index is 13.5. The van der Waals surface area contributed by atoms with Gasteiger partial charge in [0, 0.05) is 0 Å². The number of benzene rings is 1. The van der Waals surface area contributed by atoms with Crippen LogP contribution in [-0.2, 0) is 4.74 Å². The summed E-state index contributed by atoms with van der Waals surface area (Å²) >= 11 is 0. The Morgan fingerprint density at radius 3 is 2.69 bits per heavy atom. The molecule has 0 spiro atoms. The number of esters is 1. The van der Waals surface area contributed by atoms with Gasteiger partial charge in [-0.05, 0) is 43.0 Å². The van der Waals surface area contributed by atoms with Crippen molar-refractivity contribution in [2.24, 2.45) is 0 Å². The lowest BCUT2D eigenvalue weighted by molar-refractivity contribution is 0.0526. The number of halogens is 1. The zero-order chi connectivity index (χ0) is 12.1. The third-order valence-electron chi connectivity index (χ3n) is 2.65. The molecule has 1 rings (SSSR count). The fourth-order valence-electron chi connectivity index (χ4n) is 1.48. The Kier molecular flexibility index (Phi) is 4.47. The molecule has 0 heterocycles. The second-order valence-corrected chi connectivity index (χ2v) is 3.77. The number of carbonyl (C=O) groups is 1. The predicted molar refractivity (Wildman–Crippen MR) is 61.1 cm³/mol. The Bertz CT molecular complexity index is 374. The summed E-state index contributed by atoms with van der Waals surface area (Å²) in [6.07, 6.45) is 0.837. The monoisotopic (exact) mass is 224 g/mol. The topological polar surface area (TPSA) is 26.3 Å². The highest BCUT2D eigenvalue weighted by Gasteiger charge is 2.13. The van der Waals surface area contributed by atoms with Gasteiger partial charge in [-0.1, -0.05) is 13.8 Å². The summed E-state index contributed by atoms with van der Waals surface area (Å²) in [7, 11) is 0. The number of carbonyl (C=O) groups excluding carboxylic acids is 1. The lowest BCUT2D eigenvalue weighted by Gasteiger charge is -2.11. The summed E-state index contributed by atoms with van der Waals surface area (Å²) in [6, 6.07) is 4.37. The fraction of sp³-hybridized carbons (Fsp3) is 0.462. The molecule has 1 atom stereocenters. The first-order valence-corrected chi connectivity index (χ1v) is 5.56. The standard InChI is InChI=1S/C13H17FO2/c1-4-9(3)11-8-10(6-7-12(11)14)13(15)16-5-2/h6-9H,4-5H2,1-3H3. The molecule has 0 aliphatic carbocycles. The quantitative estimate of drug-likeness (QED) is 0.731. The first-order chi connectivity index (χ1) is 7.60. The summed E-state index contributed by atoms with van der Waals surface area (Å²) in [5.74, 6) is -0.552. The zero-order valence-electron chi connectivity index (χ0n) is 9.92. The van der Waals surface area contributed by atoms with Crippen LogP contribution < -0.4 is 0 Å². The molecule has 1 aromatic carbocycles. The van der Waals surface area contributed by atoms with Gasteiger partial charge in [-0.25, -0.2) is 9.18 Å². The van der Waals surface area contributed by atoms with Crippen LogP contribution in [0.25, 0.3) is 0 Å². The molecule has 16 heavy (non-hydrogen) atoms. The minimum absolute atomic E-state index is 0.106. The van der Waals surface area contributed by atoms with Crippen molar-refractivity contribution in [2.75, 3.05) is 6.61 Å². The van der Waals surface area contributed by atoms with Crippen molar-refractivity contribution in [3.05, 3.63) is 35.1 Å². The molecular weight excluding hydrogens is 207 g/mol. The molecular formula is C13H17FO2. The van der Waals surface area contributed by atoms with E-state index in [0.29, 0.717) is 17.7 Å². The molecule has 2 nitrogen and oxygen atoms in total. The maximum atomic E-state index is 13.5. The van der Waals surface area contributed by atoms with E-state index in [9.17, 15) is 9.18 Å². The number of rotatable bonds is 4. The van der Waals surface area contributed by atoms with Crippen molar-refractivity contribution in [3.63, 3.8) is 0 Å². The Morgan fingerprint density at radius 2 is 2.12 bits per heavy atom. The molecule has 3 heteroatoms. The average Bonchev–Trinajstić information content (AvgIpc) is 2.29. The van der Waals surface area contributed by atoms with Gasteiger partial charge in [0.25, 0.3) is 0 Å². The molecule has 0 bridgehead atoms. The van der Waals surface area contributed by atoms with Crippen LogP contribution in [0, 0.1) is 5.82 Å². The highest BCUT2D eigenvalue weighted by Crippen LogP contribution is 2.23. The fourth-order valence-corrected chi connectivity index (χ4v) is 1.48. The van der Waals surface area contributed by atoms with Crippen molar-refractivity contribution in [2.45, 2.75) is 33.1 Å².